The number of hydrogen-bond donors (Lipinski definition) is 1. The molecular formula is C25H35F2N3O2. The Morgan fingerprint density at radius 3 is 2.50 bits per heavy atom. The van der Waals surface area contributed by atoms with Crippen molar-refractivity contribution in [2.24, 2.45) is 11.8 Å². The van der Waals surface area contributed by atoms with Crippen molar-refractivity contribution >= 4 is 17.5 Å². The normalized spacial score (nSPS) is 27.1. The monoisotopic (exact) mass is 447 g/mol. The van der Waals surface area contributed by atoms with E-state index in [0.29, 0.717) is 43.9 Å². The second-order valence-corrected chi connectivity index (χ2v) is 9.88. The molecule has 2 amide bonds. The van der Waals surface area contributed by atoms with Gasteiger partial charge < -0.3 is 10.2 Å². The number of anilines is 1. The van der Waals surface area contributed by atoms with Gasteiger partial charge in [-0.05, 0) is 69.2 Å². The average molecular weight is 448 g/mol. The van der Waals surface area contributed by atoms with Gasteiger partial charge in [-0.2, -0.15) is 0 Å². The van der Waals surface area contributed by atoms with Crippen molar-refractivity contribution in [1.82, 2.24) is 9.80 Å². The highest BCUT2D eigenvalue weighted by molar-refractivity contribution is 5.94. The van der Waals surface area contributed by atoms with Gasteiger partial charge in [0.05, 0.1) is 5.92 Å². The molecule has 3 atom stereocenters. The predicted octanol–water partition coefficient (Wildman–Crippen LogP) is 4.43. The first-order chi connectivity index (χ1) is 15.3. The highest BCUT2D eigenvalue weighted by atomic mass is 19.1. The lowest BCUT2D eigenvalue weighted by molar-refractivity contribution is -0.140. The minimum atomic E-state index is -1.12. The van der Waals surface area contributed by atoms with Gasteiger partial charge in [0.1, 0.15) is 12.0 Å². The van der Waals surface area contributed by atoms with Crippen LogP contribution in [0.15, 0.2) is 12.1 Å². The van der Waals surface area contributed by atoms with Crippen molar-refractivity contribution in [3.63, 3.8) is 0 Å². The molecule has 0 aromatic heterocycles. The van der Waals surface area contributed by atoms with E-state index in [2.05, 4.69) is 17.1 Å². The van der Waals surface area contributed by atoms with E-state index in [9.17, 15) is 18.4 Å². The van der Waals surface area contributed by atoms with Gasteiger partial charge in [0, 0.05) is 43.8 Å². The van der Waals surface area contributed by atoms with E-state index in [-0.39, 0.29) is 17.9 Å². The molecule has 1 aromatic rings. The van der Waals surface area contributed by atoms with Crippen LogP contribution in [0.4, 0.5) is 14.5 Å². The molecule has 1 aromatic carbocycles. The maximum atomic E-state index is 14.4. The number of halogens is 2. The van der Waals surface area contributed by atoms with Crippen LogP contribution in [0.5, 0.6) is 0 Å². The Kier molecular flexibility index (Phi) is 7.13. The molecule has 176 valence electrons. The minimum Gasteiger partial charge on any atom is -0.337 e. The predicted molar refractivity (Wildman–Crippen MR) is 120 cm³/mol. The maximum Gasteiger partial charge on any atom is 0.230 e. The molecule has 0 radical (unpaired) electrons. The van der Waals surface area contributed by atoms with Crippen LogP contribution in [0.2, 0.25) is 0 Å². The molecule has 2 aliphatic carbocycles. The summed E-state index contributed by atoms with van der Waals surface area (Å²) in [6, 6.07) is 2.95. The number of amides is 2. The number of carbonyl (C=O) groups is 2. The van der Waals surface area contributed by atoms with Crippen LogP contribution in [-0.2, 0) is 16.1 Å². The highest BCUT2D eigenvalue weighted by Crippen LogP contribution is 2.31. The smallest absolute Gasteiger partial charge is 0.230 e. The number of rotatable bonds is 5. The van der Waals surface area contributed by atoms with Gasteiger partial charge in [0.15, 0.2) is 0 Å². The van der Waals surface area contributed by atoms with Crippen LogP contribution >= 0.6 is 0 Å². The molecule has 2 unspecified atom stereocenters. The van der Waals surface area contributed by atoms with E-state index in [0.717, 1.165) is 49.9 Å². The van der Waals surface area contributed by atoms with E-state index in [1.165, 1.54) is 12.1 Å². The third kappa shape index (κ3) is 4.98. The van der Waals surface area contributed by atoms with E-state index >= 15 is 0 Å². The van der Waals surface area contributed by atoms with Crippen LogP contribution in [0, 0.1) is 24.6 Å². The first kappa shape index (κ1) is 23.1. The van der Waals surface area contributed by atoms with Gasteiger partial charge in [0.25, 0.3) is 0 Å². The van der Waals surface area contributed by atoms with Crippen LogP contribution in [0.3, 0.4) is 0 Å². The first-order valence-electron chi connectivity index (χ1n) is 12.1. The SMILES string of the molecule is Cc1c(CN2CCN(C(=O)C3CCCC3)[C@@H](C)C2)cc(F)cc1NC(=O)C1CCCC1F. The molecule has 7 heteroatoms. The van der Waals surface area contributed by atoms with Crippen molar-refractivity contribution in [2.45, 2.75) is 77.6 Å². The summed E-state index contributed by atoms with van der Waals surface area (Å²) in [6.45, 7) is 6.67. The van der Waals surface area contributed by atoms with E-state index < -0.39 is 17.9 Å². The maximum absolute atomic E-state index is 14.4. The number of nitrogens with zero attached hydrogens (tertiary/aromatic N) is 2. The molecule has 5 nitrogen and oxygen atoms in total. The topological polar surface area (TPSA) is 52.6 Å². The summed E-state index contributed by atoms with van der Waals surface area (Å²) in [4.78, 5) is 29.6. The lowest BCUT2D eigenvalue weighted by Crippen LogP contribution is -2.54. The van der Waals surface area contributed by atoms with Crippen LogP contribution in [0.1, 0.15) is 63.0 Å². The third-order valence-electron chi connectivity index (χ3n) is 7.60. The summed E-state index contributed by atoms with van der Waals surface area (Å²) in [5, 5.41) is 2.77. The van der Waals surface area contributed by atoms with Crippen molar-refractivity contribution in [3.8, 4) is 0 Å². The van der Waals surface area contributed by atoms with E-state index in [4.69, 9.17) is 0 Å². The Labute approximate surface area is 189 Å². The minimum absolute atomic E-state index is 0.119. The Balaban J connectivity index is 1.40. The molecule has 1 N–H and O–H groups in total. The standard InChI is InChI=1S/C25H35F2N3O2/c1-16-14-29(10-11-30(16)25(32)18-6-3-4-7-18)15-19-12-20(26)13-23(17(19)2)28-24(31)21-8-5-9-22(21)27/h12-13,16,18,21-22H,3-11,14-15H2,1-2H3,(H,28,31)/t16-,21?,22?/m0/s1. The summed E-state index contributed by atoms with van der Waals surface area (Å²) < 4.78 is 28.4. The molecular weight excluding hydrogens is 412 g/mol. The summed E-state index contributed by atoms with van der Waals surface area (Å²) in [7, 11) is 0. The number of alkyl halides is 1. The lowest BCUT2D eigenvalue weighted by atomic mass is 10.0. The fraction of sp³-hybridized carbons (Fsp3) is 0.680. The number of nitrogens with one attached hydrogen (secondary N) is 1. The van der Waals surface area contributed by atoms with Gasteiger partial charge in [-0.25, -0.2) is 8.78 Å². The van der Waals surface area contributed by atoms with Gasteiger partial charge in [-0.3, -0.25) is 14.5 Å². The summed E-state index contributed by atoms with van der Waals surface area (Å²) in [5.41, 5.74) is 2.05. The molecule has 1 heterocycles. The Bertz CT molecular complexity index is 856. The number of carbonyl (C=O) groups excluding carboxylic acids is 2. The van der Waals surface area contributed by atoms with Crippen LogP contribution in [0.25, 0.3) is 0 Å². The molecule has 1 aliphatic heterocycles. The summed E-state index contributed by atoms with van der Waals surface area (Å²) in [5.74, 6) is -0.939. The summed E-state index contributed by atoms with van der Waals surface area (Å²) in [6.07, 6.45) is 4.85. The molecule has 1 saturated heterocycles. The van der Waals surface area contributed by atoms with Crippen LogP contribution in [-0.4, -0.2) is 53.5 Å². The second kappa shape index (κ2) is 9.86. The van der Waals surface area contributed by atoms with Crippen molar-refractivity contribution in [1.29, 1.82) is 0 Å². The van der Waals surface area contributed by atoms with E-state index in [1.807, 2.05) is 11.8 Å². The molecule has 0 bridgehead atoms. The van der Waals surface area contributed by atoms with Gasteiger partial charge in [-0.15, -0.1) is 0 Å². The van der Waals surface area contributed by atoms with Crippen molar-refractivity contribution in [2.75, 3.05) is 25.0 Å². The quantitative estimate of drug-likeness (QED) is 0.726. The average Bonchev–Trinajstić information content (AvgIpc) is 3.43. The number of piperazine rings is 1. The van der Waals surface area contributed by atoms with Crippen LogP contribution < -0.4 is 5.32 Å². The molecule has 32 heavy (non-hydrogen) atoms. The zero-order valence-corrected chi connectivity index (χ0v) is 19.2. The Hall–Kier alpha value is -2.02. The second-order valence-electron chi connectivity index (χ2n) is 9.88. The third-order valence-corrected chi connectivity index (χ3v) is 7.60. The number of hydrogen-bond acceptors (Lipinski definition) is 3. The first-order valence-corrected chi connectivity index (χ1v) is 12.1. The Morgan fingerprint density at radius 2 is 1.84 bits per heavy atom. The van der Waals surface area contributed by atoms with Crippen molar-refractivity contribution in [3.05, 3.63) is 29.1 Å². The number of benzene rings is 1. The molecule has 0 spiro atoms. The zero-order valence-electron chi connectivity index (χ0n) is 19.2. The van der Waals surface area contributed by atoms with Gasteiger partial charge in [-0.1, -0.05) is 12.8 Å². The molecule has 2 saturated carbocycles. The van der Waals surface area contributed by atoms with Gasteiger partial charge in [0.2, 0.25) is 11.8 Å². The fourth-order valence-corrected chi connectivity index (χ4v) is 5.62. The Morgan fingerprint density at radius 1 is 1.09 bits per heavy atom. The largest absolute Gasteiger partial charge is 0.337 e. The lowest BCUT2D eigenvalue weighted by Gasteiger charge is -2.41. The molecule has 4 rings (SSSR count). The molecule has 3 aliphatic rings. The van der Waals surface area contributed by atoms with E-state index in [1.54, 1.807) is 0 Å². The fourth-order valence-electron chi connectivity index (χ4n) is 5.62. The highest BCUT2D eigenvalue weighted by Gasteiger charge is 2.34. The zero-order chi connectivity index (χ0) is 22.8. The van der Waals surface area contributed by atoms with Gasteiger partial charge >= 0.3 is 0 Å². The van der Waals surface area contributed by atoms with Crippen molar-refractivity contribution < 1.29 is 18.4 Å². The molecule has 3 fully saturated rings. The summed E-state index contributed by atoms with van der Waals surface area (Å²) >= 11 is 0.